The Morgan fingerprint density at radius 2 is 1.92 bits per heavy atom. The van der Waals surface area contributed by atoms with Crippen molar-refractivity contribution in [2.24, 2.45) is 0 Å². The molecule has 0 N–H and O–H groups in total. The predicted octanol–water partition coefficient (Wildman–Crippen LogP) is 3.70. The van der Waals surface area contributed by atoms with Crippen molar-refractivity contribution in [3.05, 3.63) is 35.4 Å². The van der Waals surface area contributed by atoms with Crippen LogP contribution in [-0.4, -0.2) is 0 Å². The van der Waals surface area contributed by atoms with Crippen LogP contribution in [0.2, 0.25) is 0 Å². The van der Waals surface area contributed by atoms with E-state index >= 15 is 0 Å². The third kappa shape index (κ3) is 3.13. The van der Waals surface area contributed by atoms with Crippen LogP contribution >= 0.6 is 0 Å². The van der Waals surface area contributed by atoms with Crippen LogP contribution < -0.4 is 0 Å². The Kier molecular flexibility index (Phi) is 3.87. The van der Waals surface area contributed by atoms with Crippen molar-refractivity contribution in [2.45, 2.75) is 32.6 Å². The van der Waals surface area contributed by atoms with E-state index < -0.39 is 0 Å². The molecule has 0 heterocycles. The minimum absolute atomic E-state index is 0.294. The first kappa shape index (κ1) is 10.2. The van der Waals surface area contributed by atoms with Crippen LogP contribution in [0.25, 0.3) is 0 Å². The normalized spacial score (nSPS) is 10.4. The molecule has 13 heavy (non-hydrogen) atoms. The maximum absolute atomic E-state index is 13.0. The molecular weight excluding hydrogens is 170 g/mol. The number of hydrogen-bond acceptors (Lipinski definition) is 0. The fourth-order valence-electron chi connectivity index (χ4n) is 1.30. The number of hydrogen-bond donors (Lipinski definition) is 0. The SMILES string of the molecule is CCCCCc1cc(F)ccc1F. The zero-order valence-electron chi connectivity index (χ0n) is 7.82. The minimum atomic E-state index is -0.354. The molecule has 1 aromatic carbocycles. The van der Waals surface area contributed by atoms with Gasteiger partial charge in [-0.3, -0.25) is 0 Å². The molecule has 0 radical (unpaired) electrons. The first-order valence-corrected chi connectivity index (χ1v) is 4.68. The molecule has 0 saturated carbocycles. The second-order valence-electron chi connectivity index (χ2n) is 3.19. The summed E-state index contributed by atoms with van der Waals surface area (Å²) >= 11 is 0. The van der Waals surface area contributed by atoms with Crippen LogP contribution in [-0.2, 0) is 6.42 Å². The summed E-state index contributed by atoms with van der Waals surface area (Å²) in [5.41, 5.74) is 0.494. The van der Waals surface area contributed by atoms with Gasteiger partial charge in [-0.15, -0.1) is 0 Å². The van der Waals surface area contributed by atoms with Crippen LogP contribution in [0.15, 0.2) is 18.2 Å². The Hall–Kier alpha value is -0.920. The predicted molar refractivity (Wildman–Crippen MR) is 49.6 cm³/mol. The fraction of sp³-hybridized carbons (Fsp3) is 0.455. The van der Waals surface area contributed by atoms with E-state index in [2.05, 4.69) is 6.92 Å². The van der Waals surface area contributed by atoms with E-state index in [9.17, 15) is 8.78 Å². The molecule has 0 unspecified atom stereocenters. The summed E-state index contributed by atoms with van der Waals surface area (Å²) in [6.45, 7) is 2.09. The molecule has 0 nitrogen and oxygen atoms in total. The first-order chi connectivity index (χ1) is 6.24. The van der Waals surface area contributed by atoms with Gasteiger partial charge in [-0.05, 0) is 36.6 Å². The van der Waals surface area contributed by atoms with Gasteiger partial charge in [0.2, 0.25) is 0 Å². The molecule has 0 amide bonds. The van der Waals surface area contributed by atoms with E-state index in [1.54, 1.807) is 0 Å². The average Bonchev–Trinajstić information content (AvgIpc) is 2.11. The molecule has 0 aliphatic rings. The number of rotatable bonds is 4. The third-order valence-corrected chi connectivity index (χ3v) is 2.06. The molecule has 0 bridgehead atoms. The molecule has 72 valence electrons. The highest BCUT2D eigenvalue weighted by Gasteiger charge is 2.02. The zero-order valence-corrected chi connectivity index (χ0v) is 7.82. The second kappa shape index (κ2) is 4.95. The Labute approximate surface area is 77.6 Å². The lowest BCUT2D eigenvalue weighted by atomic mass is 10.1. The molecular formula is C11H14F2. The second-order valence-corrected chi connectivity index (χ2v) is 3.19. The van der Waals surface area contributed by atoms with Crippen LogP contribution in [0.1, 0.15) is 31.7 Å². The van der Waals surface area contributed by atoms with Gasteiger partial charge in [0.05, 0.1) is 0 Å². The molecule has 0 saturated heterocycles. The van der Waals surface area contributed by atoms with Gasteiger partial charge >= 0.3 is 0 Å². The van der Waals surface area contributed by atoms with Crippen LogP contribution in [0.3, 0.4) is 0 Å². The highest BCUT2D eigenvalue weighted by Crippen LogP contribution is 2.12. The Morgan fingerprint density at radius 1 is 1.15 bits per heavy atom. The summed E-state index contributed by atoms with van der Waals surface area (Å²) in [6.07, 6.45) is 3.72. The number of benzene rings is 1. The maximum Gasteiger partial charge on any atom is 0.126 e. The van der Waals surface area contributed by atoms with Crippen molar-refractivity contribution in [1.29, 1.82) is 0 Å². The van der Waals surface area contributed by atoms with Gasteiger partial charge in [0, 0.05) is 0 Å². The van der Waals surface area contributed by atoms with Crippen molar-refractivity contribution >= 4 is 0 Å². The van der Waals surface area contributed by atoms with E-state index in [4.69, 9.17) is 0 Å². The molecule has 0 atom stereocenters. The van der Waals surface area contributed by atoms with Gasteiger partial charge in [0.25, 0.3) is 0 Å². The lowest BCUT2D eigenvalue weighted by Gasteiger charge is -2.02. The number of unbranched alkanes of at least 4 members (excludes halogenated alkanes) is 2. The number of aryl methyl sites for hydroxylation is 1. The standard InChI is InChI=1S/C11H14F2/c1-2-3-4-5-9-8-10(12)6-7-11(9)13/h6-8H,2-5H2,1H3. The lowest BCUT2D eigenvalue weighted by molar-refractivity contribution is 0.577. The quantitative estimate of drug-likeness (QED) is 0.626. The summed E-state index contributed by atoms with van der Waals surface area (Å²) in [6, 6.07) is 3.63. The summed E-state index contributed by atoms with van der Waals surface area (Å²) < 4.78 is 25.7. The summed E-state index contributed by atoms with van der Waals surface area (Å²) in [7, 11) is 0. The number of halogens is 2. The average molecular weight is 184 g/mol. The van der Waals surface area contributed by atoms with E-state index in [-0.39, 0.29) is 11.6 Å². The highest BCUT2D eigenvalue weighted by molar-refractivity contribution is 5.18. The van der Waals surface area contributed by atoms with Crippen molar-refractivity contribution in [2.75, 3.05) is 0 Å². The minimum Gasteiger partial charge on any atom is -0.207 e. The van der Waals surface area contributed by atoms with Crippen molar-refractivity contribution < 1.29 is 8.78 Å². The topological polar surface area (TPSA) is 0 Å². The molecule has 0 aromatic heterocycles. The summed E-state index contributed by atoms with van der Waals surface area (Å²) in [5, 5.41) is 0. The monoisotopic (exact) mass is 184 g/mol. The molecule has 2 heteroatoms. The van der Waals surface area contributed by atoms with Gasteiger partial charge in [-0.25, -0.2) is 8.78 Å². The van der Waals surface area contributed by atoms with Crippen LogP contribution in [0, 0.1) is 11.6 Å². The molecule has 0 spiro atoms. The molecule has 1 rings (SSSR count). The fourth-order valence-corrected chi connectivity index (χ4v) is 1.30. The van der Waals surface area contributed by atoms with Crippen molar-refractivity contribution in [3.8, 4) is 0 Å². The van der Waals surface area contributed by atoms with Gasteiger partial charge < -0.3 is 0 Å². The summed E-state index contributed by atoms with van der Waals surface area (Å²) in [4.78, 5) is 0. The van der Waals surface area contributed by atoms with Crippen molar-refractivity contribution in [3.63, 3.8) is 0 Å². The maximum atomic E-state index is 13.0. The van der Waals surface area contributed by atoms with E-state index in [1.807, 2.05) is 0 Å². The Bertz CT molecular complexity index is 269. The largest absolute Gasteiger partial charge is 0.207 e. The Balaban J connectivity index is 2.59. The van der Waals surface area contributed by atoms with E-state index in [0.717, 1.165) is 25.3 Å². The molecule has 0 aliphatic heterocycles. The van der Waals surface area contributed by atoms with E-state index in [0.29, 0.717) is 12.0 Å². The zero-order chi connectivity index (χ0) is 9.68. The van der Waals surface area contributed by atoms with Gasteiger partial charge in [0.1, 0.15) is 11.6 Å². The first-order valence-electron chi connectivity index (χ1n) is 4.68. The Morgan fingerprint density at radius 3 is 2.62 bits per heavy atom. The van der Waals surface area contributed by atoms with Crippen LogP contribution in [0.5, 0.6) is 0 Å². The van der Waals surface area contributed by atoms with Crippen molar-refractivity contribution in [1.82, 2.24) is 0 Å². The molecule has 1 aromatic rings. The third-order valence-electron chi connectivity index (χ3n) is 2.06. The summed E-state index contributed by atoms with van der Waals surface area (Å²) in [5.74, 6) is -0.648. The van der Waals surface area contributed by atoms with Crippen LogP contribution in [0.4, 0.5) is 8.78 Å². The molecule has 0 aliphatic carbocycles. The van der Waals surface area contributed by atoms with E-state index in [1.165, 1.54) is 12.1 Å². The van der Waals surface area contributed by atoms with Gasteiger partial charge in [-0.1, -0.05) is 19.8 Å². The molecule has 0 fully saturated rings. The smallest absolute Gasteiger partial charge is 0.126 e. The van der Waals surface area contributed by atoms with Gasteiger partial charge in [-0.2, -0.15) is 0 Å². The van der Waals surface area contributed by atoms with Gasteiger partial charge in [0.15, 0.2) is 0 Å². The highest BCUT2D eigenvalue weighted by atomic mass is 19.1. The lowest BCUT2D eigenvalue weighted by Crippen LogP contribution is -1.92.